The zero-order valence-electron chi connectivity index (χ0n) is 17.4. The maximum atomic E-state index is 12.5. The average molecular weight is 399 g/mol. The van der Waals surface area contributed by atoms with Crippen LogP contribution in [0.3, 0.4) is 0 Å². The van der Waals surface area contributed by atoms with E-state index in [1.165, 1.54) is 6.07 Å². The molecule has 2 aromatic rings. The number of nitrogens with zero attached hydrogens (tertiary/aromatic N) is 4. The van der Waals surface area contributed by atoms with Gasteiger partial charge in [-0.2, -0.15) is 5.10 Å². The normalized spacial score (nSPS) is 15.1. The van der Waals surface area contributed by atoms with Crippen molar-refractivity contribution >= 4 is 11.7 Å². The summed E-state index contributed by atoms with van der Waals surface area (Å²) in [6.07, 6.45) is 6.33. The lowest BCUT2D eigenvalue weighted by Crippen LogP contribution is -2.40. The smallest absolute Gasteiger partial charge is 0.251 e. The maximum absolute atomic E-state index is 12.5. The number of carbonyl (C=O) groups excluding carboxylic acids is 2. The third kappa shape index (κ3) is 5.40. The molecule has 1 aliphatic rings. The van der Waals surface area contributed by atoms with Crippen LogP contribution >= 0.6 is 0 Å². The van der Waals surface area contributed by atoms with Crippen LogP contribution in [0.25, 0.3) is 0 Å². The van der Waals surface area contributed by atoms with E-state index >= 15 is 0 Å². The Morgan fingerprint density at radius 2 is 2.00 bits per heavy atom. The second kappa shape index (κ2) is 9.15. The Kier molecular flexibility index (Phi) is 6.61. The van der Waals surface area contributed by atoms with Crippen LogP contribution in [-0.4, -0.2) is 49.4 Å². The summed E-state index contributed by atoms with van der Waals surface area (Å²) in [5, 5.41) is 4.06. The number of likely N-dealkylation sites (tertiary alicyclic amines) is 1. The Morgan fingerprint density at radius 3 is 2.62 bits per heavy atom. The van der Waals surface area contributed by atoms with Gasteiger partial charge in [-0.05, 0) is 25.2 Å². The molecule has 1 aliphatic heterocycles. The van der Waals surface area contributed by atoms with Crippen molar-refractivity contribution in [2.24, 2.45) is 13.0 Å². The number of hydrogen-bond acceptors (Lipinski definition) is 5. The first-order valence-corrected chi connectivity index (χ1v) is 10.2. The Morgan fingerprint density at radius 1 is 1.28 bits per heavy atom. The lowest BCUT2D eigenvalue weighted by molar-refractivity contribution is -0.132. The first kappa shape index (κ1) is 21.0. The number of Topliss-reactive ketones (excluding diaryl/α,β-unsaturated/α-hetero) is 1. The molecular formula is C21H29N5O3. The maximum Gasteiger partial charge on any atom is 0.251 e. The number of amides is 1. The van der Waals surface area contributed by atoms with Crippen molar-refractivity contribution in [1.82, 2.24) is 24.6 Å². The number of ketones is 1. The number of nitrogens with one attached hydrogen (secondary N) is 1. The number of aromatic amines is 1. The van der Waals surface area contributed by atoms with Crippen LogP contribution in [0.1, 0.15) is 67.3 Å². The summed E-state index contributed by atoms with van der Waals surface area (Å²) in [5.74, 6) is 0.990. The van der Waals surface area contributed by atoms with Gasteiger partial charge in [-0.15, -0.1) is 0 Å². The van der Waals surface area contributed by atoms with Crippen molar-refractivity contribution in [3.63, 3.8) is 0 Å². The summed E-state index contributed by atoms with van der Waals surface area (Å²) in [4.78, 5) is 45.9. The molecule has 0 radical (unpaired) electrons. The first-order chi connectivity index (χ1) is 13.8. The van der Waals surface area contributed by atoms with Crippen molar-refractivity contribution in [3.8, 4) is 0 Å². The molecule has 156 valence electrons. The number of hydrogen-bond donors (Lipinski definition) is 1. The van der Waals surface area contributed by atoms with E-state index in [9.17, 15) is 14.4 Å². The summed E-state index contributed by atoms with van der Waals surface area (Å²) in [5.41, 5.74) is 1.27. The van der Waals surface area contributed by atoms with Crippen LogP contribution in [0.5, 0.6) is 0 Å². The molecule has 0 aliphatic carbocycles. The van der Waals surface area contributed by atoms with Gasteiger partial charge < -0.3 is 9.88 Å². The zero-order valence-corrected chi connectivity index (χ0v) is 17.4. The topological polar surface area (TPSA) is 101 Å². The first-order valence-electron chi connectivity index (χ1n) is 10.2. The molecule has 1 amide bonds. The molecule has 8 nitrogen and oxygen atoms in total. The molecule has 2 aromatic heterocycles. The Hall–Kier alpha value is -2.77. The fourth-order valence-corrected chi connectivity index (χ4v) is 3.68. The highest BCUT2D eigenvalue weighted by Crippen LogP contribution is 2.22. The van der Waals surface area contributed by atoms with Crippen LogP contribution in [0.2, 0.25) is 0 Å². The summed E-state index contributed by atoms with van der Waals surface area (Å²) in [6, 6.07) is 1.52. The van der Waals surface area contributed by atoms with Crippen molar-refractivity contribution < 1.29 is 9.59 Å². The third-order valence-electron chi connectivity index (χ3n) is 5.41. The Balaban J connectivity index is 1.45. The minimum Gasteiger partial charge on any atom is -0.343 e. The Labute approximate surface area is 170 Å². The predicted molar refractivity (Wildman–Crippen MR) is 109 cm³/mol. The highest BCUT2D eigenvalue weighted by atomic mass is 16.2. The van der Waals surface area contributed by atoms with E-state index in [-0.39, 0.29) is 29.1 Å². The average Bonchev–Trinajstić information content (AvgIpc) is 3.13. The van der Waals surface area contributed by atoms with Crippen LogP contribution in [0, 0.1) is 5.92 Å². The molecule has 3 heterocycles. The van der Waals surface area contributed by atoms with Gasteiger partial charge in [0.05, 0.1) is 17.5 Å². The number of aromatic nitrogens is 4. The molecular weight excluding hydrogens is 370 g/mol. The fraction of sp³-hybridized carbons (Fsp3) is 0.571. The van der Waals surface area contributed by atoms with Gasteiger partial charge in [-0.25, -0.2) is 4.98 Å². The van der Waals surface area contributed by atoms with Gasteiger partial charge in [0.25, 0.3) is 5.56 Å². The van der Waals surface area contributed by atoms with E-state index in [2.05, 4.69) is 15.1 Å². The minimum absolute atomic E-state index is 0.0451. The number of rotatable bonds is 7. The quantitative estimate of drug-likeness (QED) is 0.718. The molecule has 0 spiro atoms. The van der Waals surface area contributed by atoms with Crippen molar-refractivity contribution in [2.45, 2.75) is 51.9 Å². The second-order valence-electron chi connectivity index (χ2n) is 8.05. The van der Waals surface area contributed by atoms with E-state index in [4.69, 9.17) is 0 Å². The molecule has 0 bridgehead atoms. The van der Waals surface area contributed by atoms with Crippen molar-refractivity contribution in [1.29, 1.82) is 0 Å². The SMILES string of the molecule is CC(C)c1cc(=O)[nH]c(CCCC(=O)N2CCC(C(=O)c3cnn(C)c3)CC2)n1. The van der Waals surface area contributed by atoms with Crippen LogP contribution in [-0.2, 0) is 18.3 Å². The van der Waals surface area contributed by atoms with E-state index in [1.54, 1.807) is 24.1 Å². The second-order valence-corrected chi connectivity index (χ2v) is 8.05. The van der Waals surface area contributed by atoms with Gasteiger partial charge in [0.15, 0.2) is 5.78 Å². The molecule has 8 heteroatoms. The van der Waals surface area contributed by atoms with E-state index in [0.717, 1.165) is 5.69 Å². The van der Waals surface area contributed by atoms with Crippen molar-refractivity contribution in [2.75, 3.05) is 13.1 Å². The third-order valence-corrected chi connectivity index (χ3v) is 5.41. The summed E-state index contributed by atoms with van der Waals surface area (Å²) in [6.45, 7) is 5.20. The molecule has 0 atom stereocenters. The predicted octanol–water partition coefficient (Wildman–Crippen LogP) is 2.07. The van der Waals surface area contributed by atoms with Gasteiger partial charge >= 0.3 is 0 Å². The molecule has 0 saturated carbocycles. The number of H-pyrrole nitrogens is 1. The van der Waals surface area contributed by atoms with Crippen molar-refractivity contribution in [3.05, 3.63) is 45.9 Å². The van der Waals surface area contributed by atoms with Crippen LogP contribution in [0.15, 0.2) is 23.3 Å². The van der Waals surface area contributed by atoms with E-state index in [0.29, 0.717) is 56.6 Å². The monoisotopic (exact) mass is 399 g/mol. The summed E-state index contributed by atoms with van der Waals surface area (Å²) < 4.78 is 1.63. The largest absolute Gasteiger partial charge is 0.343 e. The lowest BCUT2D eigenvalue weighted by Gasteiger charge is -2.31. The van der Waals surface area contributed by atoms with E-state index < -0.39 is 0 Å². The van der Waals surface area contributed by atoms with Crippen LogP contribution in [0.4, 0.5) is 0 Å². The molecule has 3 rings (SSSR count). The molecule has 0 unspecified atom stereocenters. The fourth-order valence-electron chi connectivity index (χ4n) is 3.68. The lowest BCUT2D eigenvalue weighted by atomic mass is 9.90. The molecule has 1 fully saturated rings. The number of aryl methyl sites for hydroxylation is 2. The molecule has 29 heavy (non-hydrogen) atoms. The van der Waals surface area contributed by atoms with Gasteiger partial charge in [-0.1, -0.05) is 13.8 Å². The Bertz CT molecular complexity index is 922. The highest BCUT2D eigenvalue weighted by molar-refractivity contribution is 5.97. The molecule has 1 N–H and O–H groups in total. The van der Waals surface area contributed by atoms with Crippen LogP contribution < -0.4 is 5.56 Å². The number of carbonyl (C=O) groups is 2. The van der Waals surface area contributed by atoms with Gasteiger partial charge in [0.1, 0.15) is 5.82 Å². The van der Waals surface area contributed by atoms with Gasteiger partial charge in [0.2, 0.25) is 5.91 Å². The minimum atomic E-state index is -0.148. The molecule has 1 saturated heterocycles. The number of piperidine rings is 1. The highest BCUT2D eigenvalue weighted by Gasteiger charge is 2.28. The van der Waals surface area contributed by atoms with Gasteiger partial charge in [-0.3, -0.25) is 19.1 Å². The molecule has 0 aromatic carbocycles. The van der Waals surface area contributed by atoms with Gasteiger partial charge in [0, 0.05) is 51.2 Å². The van der Waals surface area contributed by atoms with E-state index in [1.807, 2.05) is 18.7 Å². The standard InChI is InChI=1S/C21H29N5O3/c1-14(2)17-11-19(27)24-18(23-17)5-4-6-20(28)26-9-7-15(8-10-26)21(29)16-12-22-25(3)13-16/h11-15H,4-10H2,1-3H3,(H,23,24,27). The summed E-state index contributed by atoms with van der Waals surface area (Å²) in [7, 11) is 1.79. The zero-order chi connectivity index (χ0) is 21.0. The summed E-state index contributed by atoms with van der Waals surface area (Å²) >= 11 is 0.